The van der Waals surface area contributed by atoms with Crippen LogP contribution in [0.2, 0.25) is 0 Å². The van der Waals surface area contributed by atoms with Crippen molar-refractivity contribution in [3.05, 3.63) is 223 Å². The largest absolute Gasteiger partial charge is 0.359 e. The molecule has 0 spiro atoms. The Morgan fingerprint density at radius 3 is 1.04 bits per heavy atom. The molecule has 0 saturated heterocycles. The Bertz CT molecular complexity index is 3300. The molecular formula is C68H90N10. The quantitative estimate of drug-likeness (QED) is 0.154. The molecule has 5 aliphatic rings. The van der Waals surface area contributed by atoms with Crippen molar-refractivity contribution in [3.63, 3.8) is 0 Å². The zero-order chi connectivity index (χ0) is 62.3. The monoisotopic (exact) mass is 1050 g/mol. The number of hydrogen-bond donors (Lipinski definition) is 0. The van der Waals surface area contributed by atoms with Gasteiger partial charge in [0.1, 0.15) is 30.8 Å². The molecule has 11 rings (SSSR count). The molecule has 6 aromatic rings. The minimum absolute atomic E-state index is 0.191. The first kappa shape index (κ1) is 48.6. The van der Waals surface area contributed by atoms with E-state index >= 15 is 0 Å². The first-order chi connectivity index (χ1) is 40.1. The number of aryl methyl sites for hydroxylation is 5. The van der Waals surface area contributed by atoms with Gasteiger partial charge in [0.15, 0.2) is 0 Å². The minimum Gasteiger partial charge on any atom is -0.359 e. The third-order valence-corrected chi connectivity index (χ3v) is 15.5. The number of para-hydroxylation sites is 7. The maximum Gasteiger partial charge on any atom is 0.103 e. The van der Waals surface area contributed by atoms with E-state index in [1.54, 1.807) is 17.3 Å². The summed E-state index contributed by atoms with van der Waals surface area (Å²) in [5, 5.41) is 0. The van der Waals surface area contributed by atoms with Gasteiger partial charge in [0.05, 0.1) is 12.7 Å². The van der Waals surface area contributed by atoms with Gasteiger partial charge in [0, 0.05) is 119 Å². The second kappa shape index (κ2) is 26.1. The van der Waals surface area contributed by atoms with E-state index in [2.05, 4.69) is 221 Å². The van der Waals surface area contributed by atoms with E-state index in [9.17, 15) is 0 Å². The lowest BCUT2D eigenvalue weighted by Gasteiger charge is -2.33. The Labute approximate surface area is 480 Å². The van der Waals surface area contributed by atoms with E-state index in [1.165, 1.54) is 57.0 Å². The topological polar surface area (TPSA) is 32.4 Å². The van der Waals surface area contributed by atoms with Gasteiger partial charge in [-0.1, -0.05) is 103 Å². The van der Waals surface area contributed by atoms with Crippen LogP contribution in [0.3, 0.4) is 0 Å². The number of nitrogens with zero attached hydrogens (tertiary/aromatic N) is 10. The summed E-state index contributed by atoms with van der Waals surface area (Å²) in [5.74, 6) is 0. The van der Waals surface area contributed by atoms with E-state index in [0.717, 1.165) is 22.5 Å². The summed E-state index contributed by atoms with van der Waals surface area (Å²) in [5.41, 5.74) is 14.8. The van der Waals surface area contributed by atoms with Crippen molar-refractivity contribution in [2.45, 2.75) is 140 Å². The lowest BCUT2D eigenvalue weighted by atomic mass is 10.1. The van der Waals surface area contributed by atoms with E-state index in [0.29, 0.717) is 24.5 Å². The van der Waals surface area contributed by atoms with Crippen LogP contribution in [0.5, 0.6) is 0 Å². The molecule has 5 aliphatic heterocycles. The lowest BCUT2D eigenvalue weighted by molar-refractivity contribution is 0.263. The predicted octanol–water partition coefficient (Wildman–Crippen LogP) is 15.7. The van der Waals surface area contributed by atoms with Crippen LogP contribution in [0.1, 0.15) is 99.7 Å². The minimum atomic E-state index is -2.37. The highest BCUT2D eigenvalue weighted by atomic mass is 15.4. The Balaban J connectivity index is 0.000000153. The zero-order valence-corrected chi connectivity index (χ0v) is 48.9. The SMILES string of the molecule is Cc1ccccc1N1C=CN(C(C)C)[C@@H]1C.Cc1ccccc1N1C=CN(C)[C@@H]1C.Cc1ccccc1N1c2ccccc2N(C)[C@@H]1C.[2H]C([2H])([2H])C([2H])(C)N1C=CN(c2ccccc2C)[C@H]1C.[2H]C([2H])([2H])N1C=CN(c2ccccc2C)[C@H]1C. The van der Waals surface area contributed by atoms with Gasteiger partial charge in [-0.25, -0.2) is 0 Å². The van der Waals surface area contributed by atoms with Crippen molar-refractivity contribution in [2.75, 3.05) is 50.5 Å². The molecule has 10 heteroatoms. The summed E-state index contributed by atoms with van der Waals surface area (Å²) in [6.45, 7) is 22.4. The van der Waals surface area contributed by atoms with E-state index < -0.39 is 19.8 Å². The van der Waals surface area contributed by atoms with Crippen LogP contribution in [0.4, 0.5) is 39.8 Å². The molecule has 0 aromatic heterocycles. The van der Waals surface area contributed by atoms with Gasteiger partial charge in [-0.15, -0.1) is 0 Å². The molecule has 0 saturated carbocycles. The first-order valence-electron chi connectivity index (χ1n) is 30.9. The molecule has 6 atom stereocenters. The standard InChI is InChI=1S/C16H18N2.2C14H20N2.2C12H16N2/c1-12-8-4-5-9-14(12)18-13(2)17(3)15-10-6-7-11-16(15)18;2*1-11(2)15-9-10-16(13(15)4)14-8-6-5-7-12(14)3;2*1-10-6-4-5-7-12(10)14-9-8-13(3)11(14)2/h4-11,13H,1-3H3;2*5-11,13H,1-4H3;2*4-9,11H,1-3H3/t3*13-;2*11-/m00000/s1/i;1D3,11D;;3D3;/t;11?,13-;;m;. The molecule has 5 heterocycles. The highest BCUT2D eigenvalue weighted by Gasteiger charge is 2.32. The fourth-order valence-corrected chi connectivity index (χ4v) is 10.5. The summed E-state index contributed by atoms with van der Waals surface area (Å²) in [7, 11) is 4.25. The van der Waals surface area contributed by atoms with Crippen molar-refractivity contribution in [1.29, 1.82) is 0 Å². The fourth-order valence-electron chi connectivity index (χ4n) is 10.5. The predicted molar refractivity (Wildman–Crippen MR) is 336 cm³/mol. The number of fused-ring (bicyclic) bond motifs is 1. The van der Waals surface area contributed by atoms with Gasteiger partial charge in [-0.2, -0.15) is 0 Å². The van der Waals surface area contributed by atoms with E-state index in [1.807, 2.05) is 98.4 Å². The smallest absolute Gasteiger partial charge is 0.103 e. The van der Waals surface area contributed by atoms with Crippen molar-refractivity contribution in [1.82, 2.24) is 19.6 Å². The van der Waals surface area contributed by atoms with Crippen LogP contribution in [-0.4, -0.2) is 83.6 Å². The van der Waals surface area contributed by atoms with Crippen LogP contribution in [-0.2, 0) is 0 Å². The molecule has 0 aliphatic carbocycles. The van der Waals surface area contributed by atoms with Crippen LogP contribution >= 0.6 is 0 Å². The third-order valence-electron chi connectivity index (χ3n) is 15.5. The average molecular weight is 1050 g/mol. The number of hydrogen-bond acceptors (Lipinski definition) is 10. The Kier molecular flexibility index (Phi) is 16.3. The molecule has 10 nitrogen and oxygen atoms in total. The second-order valence-electron chi connectivity index (χ2n) is 21.0. The van der Waals surface area contributed by atoms with Crippen LogP contribution < -0.4 is 29.4 Å². The highest BCUT2D eigenvalue weighted by Crippen LogP contribution is 2.44. The van der Waals surface area contributed by atoms with Gasteiger partial charge in [-0.3, -0.25) is 0 Å². The van der Waals surface area contributed by atoms with Gasteiger partial charge in [0.2, 0.25) is 0 Å². The van der Waals surface area contributed by atoms with Crippen molar-refractivity contribution in [3.8, 4) is 0 Å². The fraction of sp³-hybridized carbons (Fsp3) is 0.353. The summed E-state index contributed by atoms with van der Waals surface area (Å²) < 4.78 is 53.2. The second-order valence-corrected chi connectivity index (χ2v) is 21.0. The maximum atomic E-state index is 8.20. The molecular weight excluding hydrogens is 957 g/mol. The summed E-state index contributed by atoms with van der Waals surface area (Å²) in [6, 6.07) is 48.9. The first-order valence-corrected chi connectivity index (χ1v) is 27.4. The Morgan fingerprint density at radius 2 is 0.679 bits per heavy atom. The molecule has 1 unspecified atom stereocenters. The normalized spacial score (nSPS) is 22.2. The zero-order valence-electron chi connectivity index (χ0n) is 55.9. The summed E-state index contributed by atoms with van der Waals surface area (Å²) in [4.78, 5) is 20.8. The molecule has 0 N–H and O–H groups in total. The average Bonchev–Trinajstić information content (AvgIpc) is 3.03. The third kappa shape index (κ3) is 13.0. The Morgan fingerprint density at radius 1 is 0.359 bits per heavy atom. The van der Waals surface area contributed by atoms with Crippen LogP contribution in [0.25, 0.3) is 0 Å². The van der Waals surface area contributed by atoms with Gasteiger partial charge >= 0.3 is 0 Å². The van der Waals surface area contributed by atoms with Gasteiger partial charge < -0.3 is 49.0 Å². The molecule has 0 bridgehead atoms. The number of benzene rings is 6. The van der Waals surface area contributed by atoms with E-state index in [-0.39, 0.29) is 12.3 Å². The van der Waals surface area contributed by atoms with Gasteiger partial charge in [0.25, 0.3) is 0 Å². The number of anilines is 7. The van der Waals surface area contributed by atoms with Crippen LogP contribution in [0.15, 0.2) is 195 Å². The molecule has 0 fully saturated rings. The van der Waals surface area contributed by atoms with Crippen molar-refractivity contribution >= 4 is 39.8 Å². The van der Waals surface area contributed by atoms with Crippen molar-refractivity contribution < 1.29 is 9.60 Å². The molecule has 412 valence electrons. The molecule has 0 radical (unpaired) electrons. The molecule has 0 amide bonds. The Hall–Kier alpha value is -7.72. The van der Waals surface area contributed by atoms with Crippen molar-refractivity contribution in [2.24, 2.45) is 0 Å². The maximum absolute atomic E-state index is 8.20. The lowest BCUT2D eigenvalue weighted by Crippen LogP contribution is -2.39. The van der Waals surface area contributed by atoms with Gasteiger partial charge in [-0.05, 0) is 167 Å². The van der Waals surface area contributed by atoms with E-state index in [4.69, 9.17) is 9.60 Å². The molecule has 6 aromatic carbocycles. The van der Waals surface area contributed by atoms with Crippen LogP contribution in [0, 0.1) is 34.6 Å². The summed E-state index contributed by atoms with van der Waals surface area (Å²) in [6.07, 6.45) is 16.3. The highest BCUT2D eigenvalue weighted by molar-refractivity contribution is 5.84. The number of rotatable bonds is 7. The molecule has 78 heavy (non-hydrogen) atoms. The summed E-state index contributed by atoms with van der Waals surface area (Å²) >= 11 is 0.